The summed E-state index contributed by atoms with van der Waals surface area (Å²) in [5.41, 5.74) is 0.484. The van der Waals surface area contributed by atoms with Gasteiger partial charge in [-0.05, 0) is 12.5 Å². The van der Waals surface area contributed by atoms with Crippen LogP contribution in [0.15, 0.2) is 41.7 Å². The van der Waals surface area contributed by atoms with Crippen LogP contribution in [0.4, 0.5) is 0 Å². The van der Waals surface area contributed by atoms with E-state index in [0.29, 0.717) is 0 Å². The molecule has 0 atom stereocenters. The molecule has 0 aromatic heterocycles. The summed E-state index contributed by atoms with van der Waals surface area (Å²) < 4.78 is 4.67. The van der Waals surface area contributed by atoms with Gasteiger partial charge >= 0.3 is 5.97 Å². The van der Waals surface area contributed by atoms with Gasteiger partial charge in [-0.1, -0.05) is 30.3 Å². The topological polar surface area (TPSA) is 70.3 Å². The van der Waals surface area contributed by atoms with E-state index in [-0.39, 0.29) is 24.4 Å². The lowest BCUT2D eigenvalue weighted by Crippen LogP contribution is -2.10. The number of benzene rings is 1. The summed E-state index contributed by atoms with van der Waals surface area (Å²) in [6, 6.07) is 10.8. The quantitative estimate of drug-likeness (QED) is 0.373. The van der Waals surface area contributed by atoms with E-state index in [0.717, 1.165) is 5.56 Å². The van der Waals surface area contributed by atoms with Crippen molar-refractivity contribution in [3.05, 3.63) is 47.2 Å². The average Bonchev–Trinajstić information content (AvgIpc) is 2.31. The molecule has 0 aliphatic carbocycles. The van der Waals surface area contributed by atoms with E-state index in [4.69, 9.17) is 5.26 Å². The first-order valence-corrected chi connectivity index (χ1v) is 5.22. The molecule has 0 saturated heterocycles. The highest BCUT2D eigenvalue weighted by molar-refractivity contribution is 5.93. The Morgan fingerprint density at radius 2 is 2.06 bits per heavy atom. The largest absolute Gasteiger partial charge is 0.510 e. The van der Waals surface area contributed by atoms with Gasteiger partial charge in [-0.2, -0.15) is 5.26 Å². The second kappa shape index (κ2) is 6.33. The molecule has 4 heteroatoms. The minimum atomic E-state index is -0.788. The highest BCUT2D eigenvalue weighted by Gasteiger charge is 2.16. The Labute approximate surface area is 99.8 Å². The van der Waals surface area contributed by atoms with Crippen molar-refractivity contribution in [1.82, 2.24) is 0 Å². The Balaban J connectivity index is 2.88. The third-order valence-corrected chi connectivity index (χ3v) is 2.09. The Bertz CT molecular complexity index is 457. The monoisotopic (exact) mass is 231 g/mol. The number of nitriles is 1. The van der Waals surface area contributed by atoms with Crippen molar-refractivity contribution in [2.24, 2.45) is 0 Å². The zero-order chi connectivity index (χ0) is 12.7. The van der Waals surface area contributed by atoms with Crippen molar-refractivity contribution < 1.29 is 14.6 Å². The molecule has 88 valence electrons. The van der Waals surface area contributed by atoms with Crippen LogP contribution in [-0.2, 0) is 16.0 Å². The van der Waals surface area contributed by atoms with E-state index in [9.17, 15) is 9.90 Å². The summed E-state index contributed by atoms with van der Waals surface area (Å²) in [5.74, 6) is -1.06. The van der Waals surface area contributed by atoms with E-state index >= 15 is 0 Å². The number of carbonyl (C=O) groups is 1. The van der Waals surface area contributed by atoms with Crippen molar-refractivity contribution in [3.63, 3.8) is 0 Å². The van der Waals surface area contributed by atoms with Gasteiger partial charge in [-0.15, -0.1) is 0 Å². The van der Waals surface area contributed by atoms with Gasteiger partial charge < -0.3 is 9.84 Å². The Kier molecular flexibility index (Phi) is 4.77. The summed E-state index contributed by atoms with van der Waals surface area (Å²) >= 11 is 0. The lowest BCUT2D eigenvalue weighted by molar-refractivity contribution is -0.138. The van der Waals surface area contributed by atoms with Crippen molar-refractivity contribution in [1.29, 1.82) is 5.26 Å². The van der Waals surface area contributed by atoms with Crippen molar-refractivity contribution in [3.8, 4) is 6.07 Å². The minimum Gasteiger partial charge on any atom is -0.510 e. The number of hydrogen-bond acceptors (Lipinski definition) is 4. The molecule has 0 fully saturated rings. The standard InChI is InChI=1S/C13H13NO3/c1-2-17-13(16)11(9-14)12(15)8-10-6-4-3-5-7-10/h3-7,15H,2,8H2,1H3/b12-11-. The fourth-order valence-electron chi connectivity index (χ4n) is 1.31. The fraction of sp³-hybridized carbons (Fsp3) is 0.231. The van der Waals surface area contributed by atoms with E-state index in [1.54, 1.807) is 25.1 Å². The van der Waals surface area contributed by atoms with Crippen LogP contribution in [0.2, 0.25) is 0 Å². The van der Waals surface area contributed by atoms with Crippen LogP contribution in [0.3, 0.4) is 0 Å². The third kappa shape index (κ3) is 3.65. The maximum atomic E-state index is 11.3. The SMILES string of the molecule is CCOC(=O)/C(C#N)=C(\O)Cc1ccccc1. The molecule has 0 aliphatic rings. The summed E-state index contributed by atoms with van der Waals surface area (Å²) in [4.78, 5) is 11.3. The molecule has 0 heterocycles. The van der Waals surface area contributed by atoms with Crippen LogP contribution in [0.5, 0.6) is 0 Å². The van der Waals surface area contributed by atoms with E-state index < -0.39 is 5.97 Å². The molecule has 1 N–H and O–H groups in total. The second-order valence-electron chi connectivity index (χ2n) is 3.32. The molecule has 0 radical (unpaired) electrons. The first-order valence-electron chi connectivity index (χ1n) is 5.22. The molecule has 0 spiro atoms. The van der Waals surface area contributed by atoms with Crippen LogP contribution in [0, 0.1) is 11.3 Å². The maximum absolute atomic E-state index is 11.3. The number of aliphatic hydroxyl groups is 1. The first-order chi connectivity index (χ1) is 8.19. The van der Waals surface area contributed by atoms with Crippen LogP contribution in [0.25, 0.3) is 0 Å². The zero-order valence-electron chi connectivity index (χ0n) is 9.51. The lowest BCUT2D eigenvalue weighted by atomic mass is 10.1. The van der Waals surface area contributed by atoms with E-state index in [2.05, 4.69) is 4.74 Å². The smallest absolute Gasteiger partial charge is 0.352 e. The Hall–Kier alpha value is -2.28. The number of allylic oxidation sites excluding steroid dienone is 1. The van der Waals surface area contributed by atoms with Gasteiger partial charge in [0.25, 0.3) is 0 Å². The predicted octanol–water partition coefficient (Wildman–Crippen LogP) is 2.13. The summed E-state index contributed by atoms with van der Waals surface area (Å²) in [5, 5.41) is 18.5. The predicted molar refractivity (Wildman–Crippen MR) is 62.0 cm³/mol. The van der Waals surface area contributed by atoms with Crippen molar-refractivity contribution in [2.45, 2.75) is 13.3 Å². The van der Waals surface area contributed by atoms with Gasteiger partial charge in [-0.25, -0.2) is 4.79 Å². The lowest BCUT2D eigenvalue weighted by Gasteiger charge is -2.04. The van der Waals surface area contributed by atoms with Crippen LogP contribution < -0.4 is 0 Å². The van der Waals surface area contributed by atoms with Crippen LogP contribution in [0.1, 0.15) is 12.5 Å². The molecular weight excluding hydrogens is 218 g/mol. The number of esters is 1. The molecule has 1 aromatic rings. The number of ether oxygens (including phenoxy) is 1. The molecule has 4 nitrogen and oxygen atoms in total. The summed E-state index contributed by atoms with van der Waals surface area (Å²) in [6.07, 6.45) is 0.141. The molecule has 0 saturated carbocycles. The Morgan fingerprint density at radius 1 is 1.41 bits per heavy atom. The summed E-state index contributed by atoms with van der Waals surface area (Å²) in [6.45, 7) is 1.81. The molecule has 17 heavy (non-hydrogen) atoms. The van der Waals surface area contributed by atoms with Crippen LogP contribution in [-0.4, -0.2) is 17.7 Å². The molecular formula is C13H13NO3. The zero-order valence-corrected chi connectivity index (χ0v) is 9.51. The van der Waals surface area contributed by atoms with Crippen molar-refractivity contribution in [2.75, 3.05) is 6.61 Å². The van der Waals surface area contributed by atoms with Gasteiger partial charge in [0.05, 0.1) is 6.61 Å². The number of nitrogens with zero attached hydrogens (tertiary/aromatic N) is 1. The van der Waals surface area contributed by atoms with E-state index in [1.165, 1.54) is 0 Å². The maximum Gasteiger partial charge on any atom is 0.352 e. The number of rotatable bonds is 4. The van der Waals surface area contributed by atoms with E-state index in [1.807, 2.05) is 18.2 Å². The van der Waals surface area contributed by atoms with Crippen molar-refractivity contribution >= 4 is 5.97 Å². The molecule has 0 bridgehead atoms. The average molecular weight is 231 g/mol. The highest BCUT2D eigenvalue weighted by Crippen LogP contribution is 2.10. The van der Waals surface area contributed by atoms with Gasteiger partial charge in [0, 0.05) is 6.42 Å². The van der Waals surface area contributed by atoms with Gasteiger partial charge in [0.15, 0.2) is 5.57 Å². The number of aliphatic hydroxyl groups excluding tert-OH is 1. The molecule has 0 amide bonds. The molecule has 1 aromatic carbocycles. The summed E-state index contributed by atoms with van der Waals surface area (Å²) in [7, 11) is 0. The normalized spacial score (nSPS) is 11.3. The molecule has 1 rings (SSSR count). The highest BCUT2D eigenvalue weighted by atomic mass is 16.5. The molecule has 0 unspecified atom stereocenters. The molecule has 0 aliphatic heterocycles. The number of carbonyl (C=O) groups excluding carboxylic acids is 1. The van der Waals surface area contributed by atoms with Gasteiger partial charge in [0.1, 0.15) is 11.8 Å². The van der Waals surface area contributed by atoms with Gasteiger partial charge in [-0.3, -0.25) is 0 Å². The first kappa shape index (κ1) is 12.8. The van der Waals surface area contributed by atoms with Gasteiger partial charge in [0.2, 0.25) is 0 Å². The Morgan fingerprint density at radius 3 is 2.59 bits per heavy atom. The fourth-order valence-corrected chi connectivity index (χ4v) is 1.31. The number of hydrogen-bond donors (Lipinski definition) is 1. The van der Waals surface area contributed by atoms with Crippen LogP contribution >= 0.6 is 0 Å². The second-order valence-corrected chi connectivity index (χ2v) is 3.32. The third-order valence-electron chi connectivity index (χ3n) is 2.09. The minimum absolute atomic E-state index is 0.141.